The minimum Gasteiger partial charge on any atom is -0.393 e. The van der Waals surface area contributed by atoms with E-state index in [-0.39, 0.29) is 6.10 Å². The number of rotatable bonds is 6. The zero-order valence-electron chi connectivity index (χ0n) is 11.5. The summed E-state index contributed by atoms with van der Waals surface area (Å²) in [6, 6.07) is 8.58. The third kappa shape index (κ3) is 4.00. The summed E-state index contributed by atoms with van der Waals surface area (Å²) < 4.78 is 5.94. The molecule has 1 aromatic carbocycles. The van der Waals surface area contributed by atoms with Crippen LogP contribution >= 0.6 is 12.2 Å². The summed E-state index contributed by atoms with van der Waals surface area (Å²) in [5.41, 5.74) is 8.33. The van der Waals surface area contributed by atoms with E-state index in [1.54, 1.807) is 0 Å². The summed E-state index contributed by atoms with van der Waals surface area (Å²) in [7, 11) is 0. The maximum atomic E-state index is 5.94. The molecule has 0 aliphatic carbocycles. The molecular formula is C15H22N2OS. The third-order valence-corrected chi connectivity index (χ3v) is 3.84. The van der Waals surface area contributed by atoms with Gasteiger partial charge >= 0.3 is 0 Å². The first-order chi connectivity index (χ1) is 9.20. The molecule has 2 N–H and O–H groups in total. The number of benzene rings is 1. The van der Waals surface area contributed by atoms with Crippen molar-refractivity contribution >= 4 is 17.2 Å². The number of nitrogens with two attached hydrogens (primary N) is 1. The van der Waals surface area contributed by atoms with Crippen molar-refractivity contribution in [2.24, 2.45) is 5.73 Å². The van der Waals surface area contributed by atoms with Crippen molar-refractivity contribution in [2.45, 2.75) is 25.9 Å². The number of hydrogen-bond acceptors (Lipinski definition) is 3. The highest BCUT2D eigenvalue weighted by Gasteiger charge is 2.22. The van der Waals surface area contributed by atoms with Gasteiger partial charge in [-0.25, -0.2) is 0 Å². The van der Waals surface area contributed by atoms with Crippen LogP contribution in [0.1, 0.15) is 30.6 Å². The predicted molar refractivity (Wildman–Crippen MR) is 82.4 cm³/mol. The molecule has 0 radical (unpaired) electrons. The standard InChI is InChI=1S/C15H22N2OS/c1-2-17(9-7-15(16)19)11-14-13-6-4-3-5-12(13)8-10-18-14/h3-6,14H,2,7-11H2,1H3,(H2,16,19). The molecule has 4 heteroatoms. The Labute approximate surface area is 120 Å². The van der Waals surface area contributed by atoms with E-state index in [9.17, 15) is 0 Å². The molecule has 2 rings (SSSR count). The Bertz CT molecular complexity index is 436. The molecule has 1 aliphatic heterocycles. The van der Waals surface area contributed by atoms with Gasteiger partial charge in [-0.2, -0.15) is 0 Å². The van der Waals surface area contributed by atoms with Crippen molar-refractivity contribution in [3.05, 3.63) is 35.4 Å². The average Bonchev–Trinajstić information content (AvgIpc) is 2.43. The van der Waals surface area contributed by atoms with Gasteiger partial charge in [0.25, 0.3) is 0 Å². The Morgan fingerprint density at radius 3 is 3.00 bits per heavy atom. The van der Waals surface area contributed by atoms with Crippen molar-refractivity contribution in [3.63, 3.8) is 0 Å². The minimum absolute atomic E-state index is 0.177. The van der Waals surface area contributed by atoms with Gasteiger partial charge in [0.1, 0.15) is 0 Å². The maximum absolute atomic E-state index is 5.94. The molecule has 1 aromatic rings. The van der Waals surface area contributed by atoms with E-state index in [1.807, 2.05) is 0 Å². The topological polar surface area (TPSA) is 38.5 Å². The Morgan fingerprint density at radius 1 is 1.47 bits per heavy atom. The number of nitrogens with zero attached hydrogens (tertiary/aromatic N) is 1. The number of fused-ring (bicyclic) bond motifs is 1. The molecule has 0 bridgehead atoms. The quantitative estimate of drug-likeness (QED) is 0.810. The third-order valence-electron chi connectivity index (χ3n) is 3.64. The zero-order valence-corrected chi connectivity index (χ0v) is 12.3. The Morgan fingerprint density at radius 2 is 2.26 bits per heavy atom. The second-order valence-electron chi connectivity index (χ2n) is 4.92. The van der Waals surface area contributed by atoms with Gasteiger partial charge in [0.15, 0.2) is 0 Å². The summed E-state index contributed by atoms with van der Waals surface area (Å²) >= 11 is 4.95. The molecule has 104 valence electrons. The van der Waals surface area contributed by atoms with E-state index in [0.717, 1.165) is 39.1 Å². The van der Waals surface area contributed by atoms with Crippen LogP contribution in [-0.4, -0.2) is 36.1 Å². The summed E-state index contributed by atoms with van der Waals surface area (Å²) in [6.07, 6.45) is 1.97. The predicted octanol–water partition coefficient (Wildman–Crippen LogP) is 2.30. The second kappa shape index (κ2) is 6.98. The molecule has 19 heavy (non-hydrogen) atoms. The first-order valence-corrected chi connectivity index (χ1v) is 7.31. The smallest absolute Gasteiger partial charge is 0.0954 e. The fraction of sp³-hybridized carbons (Fsp3) is 0.533. The molecule has 0 saturated heterocycles. The summed E-state index contributed by atoms with van der Waals surface area (Å²) in [4.78, 5) is 2.94. The Hall–Kier alpha value is -0.970. The lowest BCUT2D eigenvalue weighted by molar-refractivity contribution is 0.0174. The van der Waals surface area contributed by atoms with E-state index >= 15 is 0 Å². The van der Waals surface area contributed by atoms with Crippen LogP contribution < -0.4 is 5.73 Å². The van der Waals surface area contributed by atoms with Gasteiger partial charge < -0.3 is 15.4 Å². The molecule has 0 saturated carbocycles. The molecule has 1 aliphatic rings. The van der Waals surface area contributed by atoms with Gasteiger partial charge in [0.2, 0.25) is 0 Å². The van der Waals surface area contributed by atoms with Gasteiger partial charge in [0.05, 0.1) is 17.7 Å². The maximum Gasteiger partial charge on any atom is 0.0954 e. The summed E-state index contributed by atoms with van der Waals surface area (Å²) in [6.45, 7) is 5.79. The van der Waals surface area contributed by atoms with Crippen molar-refractivity contribution < 1.29 is 4.74 Å². The van der Waals surface area contributed by atoms with Gasteiger partial charge in [-0.15, -0.1) is 0 Å². The average molecular weight is 278 g/mol. The SMILES string of the molecule is CCN(CCC(N)=S)CC1OCCc2ccccc21. The highest BCUT2D eigenvalue weighted by molar-refractivity contribution is 7.80. The lowest BCUT2D eigenvalue weighted by Gasteiger charge is -2.31. The molecule has 0 aromatic heterocycles. The number of ether oxygens (including phenoxy) is 1. The first kappa shape index (κ1) is 14.4. The summed E-state index contributed by atoms with van der Waals surface area (Å²) in [5.74, 6) is 0. The number of thiocarbonyl (C=S) groups is 1. The minimum atomic E-state index is 0.177. The van der Waals surface area contributed by atoms with E-state index in [1.165, 1.54) is 11.1 Å². The highest BCUT2D eigenvalue weighted by Crippen LogP contribution is 2.27. The van der Waals surface area contributed by atoms with Gasteiger partial charge in [-0.3, -0.25) is 0 Å². The van der Waals surface area contributed by atoms with Crippen LogP contribution in [0.4, 0.5) is 0 Å². The molecule has 3 nitrogen and oxygen atoms in total. The highest BCUT2D eigenvalue weighted by atomic mass is 32.1. The van der Waals surface area contributed by atoms with Crippen molar-refractivity contribution in [1.29, 1.82) is 0 Å². The normalized spacial score (nSPS) is 18.3. The van der Waals surface area contributed by atoms with Crippen LogP contribution in [0.5, 0.6) is 0 Å². The van der Waals surface area contributed by atoms with Crippen molar-refractivity contribution in [1.82, 2.24) is 4.90 Å². The largest absolute Gasteiger partial charge is 0.393 e. The zero-order chi connectivity index (χ0) is 13.7. The lowest BCUT2D eigenvalue weighted by atomic mass is 9.97. The number of likely N-dealkylation sites (N-methyl/N-ethyl adjacent to an activating group) is 1. The van der Waals surface area contributed by atoms with Gasteiger partial charge in [-0.05, 0) is 24.1 Å². The van der Waals surface area contributed by atoms with Crippen LogP contribution in [-0.2, 0) is 11.2 Å². The van der Waals surface area contributed by atoms with E-state index in [0.29, 0.717) is 4.99 Å². The van der Waals surface area contributed by atoms with Gasteiger partial charge in [0, 0.05) is 19.5 Å². The van der Waals surface area contributed by atoms with Crippen LogP contribution in [0.15, 0.2) is 24.3 Å². The molecule has 1 heterocycles. The van der Waals surface area contributed by atoms with Crippen LogP contribution in [0.3, 0.4) is 0 Å². The lowest BCUT2D eigenvalue weighted by Crippen LogP contribution is -2.34. The van der Waals surface area contributed by atoms with E-state index < -0.39 is 0 Å². The molecule has 1 atom stereocenters. The summed E-state index contributed by atoms with van der Waals surface area (Å²) in [5, 5.41) is 0. The van der Waals surface area contributed by atoms with E-state index in [2.05, 4.69) is 36.1 Å². The second-order valence-corrected chi connectivity index (χ2v) is 5.44. The number of hydrogen-bond donors (Lipinski definition) is 1. The molecule has 1 unspecified atom stereocenters. The van der Waals surface area contributed by atoms with E-state index in [4.69, 9.17) is 22.7 Å². The Kier molecular flexibility index (Phi) is 5.31. The van der Waals surface area contributed by atoms with Gasteiger partial charge in [-0.1, -0.05) is 43.4 Å². The van der Waals surface area contributed by atoms with Crippen molar-refractivity contribution in [3.8, 4) is 0 Å². The molecule has 0 fully saturated rings. The fourth-order valence-electron chi connectivity index (χ4n) is 2.51. The molecule has 0 amide bonds. The van der Waals surface area contributed by atoms with Crippen LogP contribution in [0, 0.1) is 0 Å². The molecule has 0 spiro atoms. The Balaban J connectivity index is 2.00. The molecular weight excluding hydrogens is 256 g/mol. The van der Waals surface area contributed by atoms with Crippen LogP contribution in [0.2, 0.25) is 0 Å². The monoisotopic (exact) mass is 278 g/mol. The van der Waals surface area contributed by atoms with Crippen molar-refractivity contribution in [2.75, 3.05) is 26.2 Å². The first-order valence-electron chi connectivity index (χ1n) is 6.90. The van der Waals surface area contributed by atoms with Crippen LogP contribution in [0.25, 0.3) is 0 Å². The fourth-order valence-corrected chi connectivity index (χ4v) is 2.60.